The monoisotopic (exact) mass is 434 g/mol. The highest BCUT2D eigenvalue weighted by molar-refractivity contribution is 5.93. The Hall–Kier alpha value is -2.98. The van der Waals surface area contributed by atoms with Gasteiger partial charge in [-0.15, -0.1) is 0 Å². The molecule has 1 aromatic rings. The average molecular weight is 435 g/mol. The van der Waals surface area contributed by atoms with E-state index in [1.165, 1.54) is 0 Å². The van der Waals surface area contributed by atoms with Crippen molar-refractivity contribution in [2.45, 2.75) is 38.8 Å². The largest absolute Gasteiger partial charge is 0.353 e. The third-order valence-corrected chi connectivity index (χ3v) is 4.35. The summed E-state index contributed by atoms with van der Waals surface area (Å²) in [7, 11) is 0. The Morgan fingerprint density at radius 3 is 2.13 bits per heavy atom. The molecule has 0 fully saturated rings. The summed E-state index contributed by atoms with van der Waals surface area (Å²) in [6.45, 7) is 3.95. The van der Waals surface area contributed by atoms with E-state index in [1.54, 1.807) is 0 Å². The molecule has 0 bridgehead atoms. The van der Waals surface area contributed by atoms with Gasteiger partial charge >= 0.3 is 0 Å². The number of carbonyl (C=O) groups excluding carboxylic acids is 4. The van der Waals surface area contributed by atoms with Crippen molar-refractivity contribution in [2.24, 2.45) is 17.4 Å². The van der Waals surface area contributed by atoms with E-state index >= 15 is 0 Å². The van der Waals surface area contributed by atoms with Crippen LogP contribution in [0, 0.1) is 5.92 Å². The highest BCUT2D eigenvalue weighted by Gasteiger charge is 2.27. The molecule has 31 heavy (non-hydrogen) atoms. The first-order valence-corrected chi connectivity index (χ1v) is 10.3. The van der Waals surface area contributed by atoms with Gasteiger partial charge in [-0.1, -0.05) is 44.2 Å². The van der Waals surface area contributed by atoms with E-state index in [1.807, 2.05) is 44.2 Å². The second-order valence-electron chi connectivity index (χ2n) is 7.56. The Labute approximate surface area is 182 Å². The second-order valence-corrected chi connectivity index (χ2v) is 7.56. The van der Waals surface area contributed by atoms with Crippen LogP contribution in [0.15, 0.2) is 30.3 Å². The van der Waals surface area contributed by atoms with Gasteiger partial charge in [-0.3, -0.25) is 19.2 Å². The molecule has 0 saturated heterocycles. The third kappa shape index (κ3) is 10.6. The molecule has 0 aliphatic heterocycles. The molecule has 172 valence electrons. The number of benzene rings is 1. The molecule has 1 aromatic carbocycles. The van der Waals surface area contributed by atoms with Gasteiger partial charge in [0.2, 0.25) is 23.6 Å². The highest BCUT2D eigenvalue weighted by atomic mass is 16.2. The molecule has 1 rings (SSSR count). The van der Waals surface area contributed by atoms with Crippen LogP contribution in [0.25, 0.3) is 0 Å². The van der Waals surface area contributed by atoms with Crippen molar-refractivity contribution in [1.29, 1.82) is 0 Å². The van der Waals surface area contributed by atoms with Gasteiger partial charge in [0, 0.05) is 19.5 Å². The van der Waals surface area contributed by atoms with Gasteiger partial charge in [0.15, 0.2) is 0 Å². The SMILES string of the molecule is CC(C)C[C@H](NC(=O)[C@H](Cc1ccccc1)NC(=O)CN)C(=O)NCC(=O)NCCN. The van der Waals surface area contributed by atoms with Gasteiger partial charge in [-0.2, -0.15) is 0 Å². The fraction of sp³-hybridized carbons (Fsp3) is 0.524. The summed E-state index contributed by atoms with van der Waals surface area (Å²) in [5.41, 5.74) is 11.6. The molecule has 0 heterocycles. The second kappa shape index (κ2) is 14.1. The van der Waals surface area contributed by atoms with Crippen LogP contribution in [-0.2, 0) is 25.6 Å². The number of hydrogen-bond acceptors (Lipinski definition) is 6. The average Bonchev–Trinajstić information content (AvgIpc) is 2.75. The predicted molar refractivity (Wildman–Crippen MR) is 118 cm³/mol. The lowest BCUT2D eigenvalue weighted by Crippen LogP contribution is -2.56. The number of carbonyl (C=O) groups is 4. The summed E-state index contributed by atoms with van der Waals surface area (Å²) >= 11 is 0. The zero-order valence-electron chi connectivity index (χ0n) is 18.1. The van der Waals surface area contributed by atoms with Crippen molar-refractivity contribution in [3.05, 3.63) is 35.9 Å². The van der Waals surface area contributed by atoms with Crippen molar-refractivity contribution in [3.8, 4) is 0 Å². The lowest BCUT2D eigenvalue weighted by molar-refractivity contribution is -0.132. The molecule has 0 unspecified atom stereocenters. The third-order valence-electron chi connectivity index (χ3n) is 4.35. The molecule has 8 N–H and O–H groups in total. The quantitative estimate of drug-likeness (QED) is 0.218. The minimum atomic E-state index is -0.895. The molecule has 0 radical (unpaired) electrons. The number of nitrogens with one attached hydrogen (secondary N) is 4. The lowest BCUT2D eigenvalue weighted by Gasteiger charge is -2.24. The molecule has 4 amide bonds. The van der Waals surface area contributed by atoms with Gasteiger partial charge in [-0.05, 0) is 17.9 Å². The molecule has 10 heteroatoms. The Balaban J connectivity index is 2.84. The number of amides is 4. The summed E-state index contributed by atoms with van der Waals surface area (Å²) in [5, 5.41) is 10.4. The smallest absolute Gasteiger partial charge is 0.243 e. The number of nitrogens with two attached hydrogens (primary N) is 2. The zero-order valence-corrected chi connectivity index (χ0v) is 18.1. The van der Waals surface area contributed by atoms with E-state index in [9.17, 15) is 19.2 Å². The van der Waals surface area contributed by atoms with Gasteiger partial charge in [0.1, 0.15) is 12.1 Å². The molecule has 0 spiro atoms. The van der Waals surface area contributed by atoms with Crippen molar-refractivity contribution in [2.75, 3.05) is 26.2 Å². The van der Waals surface area contributed by atoms with Crippen LogP contribution in [-0.4, -0.2) is 61.9 Å². The number of rotatable bonds is 13. The van der Waals surface area contributed by atoms with Gasteiger partial charge in [-0.25, -0.2) is 0 Å². The Bertz CT molecular complexity index is 726. The first-order valence-electron chi connectivity index (χ1n) is 10.3. The fourth-order valence-corrected chi connectivity index (χ4v) is 2.85. The normalized spacial score (nSPS) is 12.5. The summed E-state index contributed by atoms with van der Waals surface area (Å²) in [6.07, 6.45) is 0.612. The van der Waals surface area contributed by atoms with Crippen LogP contribution < -0.4 is 32.7 Å². The van der Waals surface area contributed by atoms with E-state index in [4.69, 9.17) is 11.5 Å². The maximum absolute atomic E-state index is 12.9. The minimum absolute atomic E-state index is 0.105. The van der Waals surface area contributed by atoms with Crippen molar-refractivity contribution >= 4 is 23.6 Å². The molecular weight excluding hydrogens is 400 g/mol. The predicted octanol–water partition coefficient (Wildman–Crippen LogP) is -1.61. The van der Waals surface area contributed by atoms with Crippen LogP contribution in [0.1, 0.15) is 25.8 Å². The van der Waals surface area contributed by atoms with Crippen molar-refractivity contribution < 1.29 is 19.2 Å². The van der Waals surface area contributed by atoms with E-state index in [0.29, 0.717) is 19.5 Å². The van der Waals surface area contributed by atoms with Crippen LogP contribution in [0.3, 0.4) is 0 Å². The molecule has 0 aliphatic rings. The Morgan fingerprint density at radius 1 is 0.871 bits per heavy atom. The highest BCUT2D eigenvalue weighted by Crippen LogP contribution is 2.08. The Morgan fingerprint density at radius 2 is 1.55 bits per heavy atom. The van der Waals surface area contributed by atoms with Gasteiger partial charge in [0.25, 0.3) is 0 Å². The van der Waals surface area contributed by atoms with Crippen LogP contribution in [0.4, 0.5) is 0 Å². The molecule has 10 nitrogen and oxygen atoms in total. The van der Waals surface area contributed by atoms with Crippen molar-refractivity contribution in [1.82, 2.24) is 21.3 Å². The standard InChI is InChI=1S/C21H34N6O4/c1-14(2)10-16(20(30)25-13-19(29)24-9-8-22)27-21(31)17(26-18(28)12-23)11-15-6-4-3-5-7-15/h3-7,14,16-17H,8-13,22-23H2,1-2H3,(H,24,29)(H,25,30)(H,26,28)(H,27,31)/t16-,17-/m0/s1. The van der Waals surface area contributed by atoms with E-state index < -0.39 is 29.8 Å². The lowest BCUT2D eigenvalue weighted by atomic mass is 10.0. The minimum Gasteiger partial charge on any atom is -0.353 e. The summed E-state index contributed by atoms with van der Waals surface area (Å²) in [4.78, 5) is 49.1. The molecule has 0 aromatic heterocycles. The van der Waals surface area contributed by atoms with E-state index in [2.05, 4.69) is 21.3 Å². The fourth-order valence-electron chi connectivity index (χ4n) is 2.85. The first-order chi connectivity index (χ1) is 14.8. The zero-order chi connectivity index (χ0) is 23.2. The topological polar surface area (TPSA) is 168 Å². The van der Waals surface area contributed by atoms with Gasteiger partial charge in [0.05, 0.1) is 13.1 Å². The molecule has 0 aliphatic carbocycles. The maximum atomic E-state index is 12.9. The molecule has 2 atom stereocenters. The molecular formula is C21H34N6O4. The van der Waals surface area contributed by atoms with E-state index in [0.717, 1.165) is 5.56 Å². The summed E-state index contributed by atoms with van der Waals surface area (Å²) in [5.74, 6) is -1.72. The maximum Gasteiger partial charge on any atom is 0.243 e. The van der Waals surface area contributed by atoms with Crippen LogP contribution in [0.2, 0.25) is 0 Å². The van der Waals surface area contributed by atoms with Crippen LogP contribution >= 0.6 is 0 Å². The van der Waals surface area contributed by atoms with Crippen molar-refractivity contribution in [3.63, 3.8) is 0 Å². The van der Waals surface area contributed by atoms with Gasteiger partial charge < -0.3 is 32.7 Å². The van der Waals surface area contributed by atoms with Crippen LogP contribution in [0.5, 0.6) is 0 Å². The number of hydrogen-bond donors (Lipinski definition) is 6. The van der Waals surface area contributed by atoms with E-state index in [-0.39, 0.29) is 31.3 Å². The summed E-state index contributed by atoms with van der Waals surface area (Å²) < 4.78 is 0. The molecule has 0 saturated carbocycles. The summed E-state index contributed by atoms with van der Waals surface area (Å²) in [6, 6.07) is 7.44. The first kappa shape index (κ1) is 26.1. The Kier molecular flexibility index (Phi) is 11.9.